The number of carbonyl (C=O) groups excluding carboxylic acids is 2. The Balaban J connectivity index is 1.62. The van der Waals surface area contributed by atoms with Gasteiger partial charge in [0.1, 0.15) is 22.7 Å². The fourth-order valence-electron chi connectivity index (χ4n) is 7.85. The zero-order valence-corrected chi connectivity index (χ0v) is 34.0. The average Bonchev–Trinajstić information content (AvgIpc) is 3.32. The third-order valence-corrected chi connectivity index (χ3v) is 11.4. The lowest BCUT2D eigenvalue weighted by molar-refractivity contribution is -0.136. The summed E-state index contributed by atoms with van der Waals surface area (Å²) in [6, 6.07) is 17.4. The van der Waals surface area contributed by atoms with E-state index in [4.69, 9.17) is 37.9 Å². The van der Waals surface area contributed by atoms with Crippen LogP contribution in [0.15, 0.2) is 65.8 Å². The second kappa shape index (κ2) is 15.4. The molecular formula is C42H55Cl2N5O3. The Morgan fingerprint density at radius 3 is 1.96 bits per heavy atom. The van der Waals surface area contributed by atoms with Crippen LogP contribution in [-0.2, 0) is 21.3 Å². The molecule has 280 valence electrons. The SMILES string of the molecule is CCOc1cc(C(C)(C)C)ncc1C1=N[C@@](C)(c2ccc(Cl)cc2)[C@@](C)(c2ccc(Cl)cc2)N1C(=O)N1CCC(CC(=O)N(C(C)C)C(C)C)CC1. The van der Waals surface area contributed by atoms with Gasteiger partial charge in [0.2, 0.25) is 5.91 Å². The summed E-state index contributed by atoms with van der Waals surface area (Å²) in [6.07, 6.45) is 3.75. The van der Waals surface area contributed by atoms with E-state index in [1.165, 1.54) is 0 Å². The number of urea groups is 1. The highest BCUT2D eigenvalue weighted by Gasteiger charge is 2.60. The second-order valence-corrected chi connectivity index (χ2v) is 17.0. The summed E-state index contributed by atoms with van der Waals surface area (Å²) < 4.78 is 6.30. The number of piperidine rings is 1. The van der Waals surface area contributed by atoms with Crippen molar-refractivity contribution in [3.63, 3.8) is 0 Å². The van der Waals surface area contributed by atoms with Crippen LogP contribution >= 0.6 is 23.2 Å². The Morgan fingerprint density at radius 2 is 1.46 bits per heavy atom. The van der Waals surface area contributed by atoms with Crippen molar-refractivity contribution in [2.24, 2.45) is 10.9 Å². The number of amidine groups is 1. The van der Waals surface area contributed by atoms with Crippen molar-refractivity contribution in [1.29, 1.82) is 0 Å². The summed E-state index contributed by atoms with van der Waals surface area (Å²) in [5, 5.41) is 1.21. The number of hydrogen-bond acceptors (Lipinski definition) is 5. The third kappa shape index (κ3) is 7.56. The topological polar surface area (TPSA) is 78.3 Å². The maximum atomic E-state index is 15.3. The minimum atomic E-state index is -1.02. The van der Waals surface area contributed by atoms with Gasteiger partial charge in [-0.25, -0.2) is 4.79 Å². The van der Waals surface area contributed by atoms with Crippen LogP contribution in [0.25, 0.3) is 0 Å². The number of likely N-dealkylation sites (tertiary alicyclic amines) is 1. The fourth-order valence-corrected chi connectivity index (χ4v) is 8.10. The summed E-state index contributed by atoms with van der Waals surface area (Å²) in [5.41, 5.74) is 1.08. The molecule has 0 aliphatic carbocycles. The predicted octanol–water partition coefficient (Wildman–Crippen LogP) is 9.85. The highest BCUT2D eigenvalue weighted by Crippen LogP contribution is 2.54. The molecule has 0 N–H and O–H groups in total. The van der Waals surface area contributed by atoms with Gasteiger partial charge >= 0.3 is 6.03 Å². The van der Waals surface area contributed by atoms with Gasteiger partial charge in [-0.3, -0.25) is 19.7 Å². The molecule has 52 heavy (non-hydrogen) atoms. The molecule has 2 atom stereocenters. The Bertz CT molecular complexity index is 1770. The number of amides is 3. The van der Waals surface area contributed by atoms with E-state index in [-0.39, 0.29) is 35.4 Å². The lowest BCUT2D eigenvalue weighted by atomic mass is 9.71. The van der Waals surface area contributed by atoms with E-state index >= 15 is 4.79 Å². The number of hydrogen-bond donors (Lipinski definition) is 0. The molecular weight excluding hydrogens is 693 g/mol. The molecule has 1 saturated heterocycles. The first-order chi connectivity index (χ1) is 24.4. The highest BCUT2D eigenvalue weighted by atomic mass is 35.5. The monoisotopic (exact) mass is 747 g/mol. The Labute approximate surface area is 320 Å². The molecule has 3 amide bonds. The van der Waals surface area contributed by atoms with Crippen molar-refractivity contribution >= 4 is 41.0 Å². The van der Waals surface area contributed by atoms with Gasteiger partial charge in [-0.05, 0) is 103 Å². The highest BCUT2D eigenvalue weighted by molar-refractivity contribution is 6.30. The predicted molar refractivity (Wildman–Crippen MR) is 212 cm³/mol. The van der Waals surface area contributed by atoms with Gasteiger partial charge in [-0.2, -0.15) is 0 Å². The van der Waals surface area contributed by atoms with E-state index in [0.717, 1.165) is 29.7 Å². The first-order valence-corrected chi connectivity index (χ1v) is 19.3. The Kier molecular flexibility index (Phi) is 11.7. The van der Waals surface area contributed by atoms with Crippen molar-refractivity contribution in [1.82, 2.24) is 19.7 Å². The summed E-state index contributed by atoms with van der Waals surface area (Å²) in [5.74, 6) is 1.48. The molecule has 1 fully saturated rings. The molecule has 5 rings (SSSR count). The van der Waals surface area contributed by atoms with Crippen molar-refractivity contribution in [2.45, 2.75) is 117 Å². The van der Waals surface area contributed by atoms with E-state index in [2.05, 4.69) is 62.3 Å². The Hall–Kier alpha value is -3.62. The van der Waals surface area contributed by atoms with Crippen LogP contribution in [-0.4, -0.2) is 69.2 Å². The standard InChI is InChI=1S/C42H55Cl2N5O3/c1-11-52-35-25-36(40(6,7)8)45-26-34(35)38-46-41(9,30-12-16-32(43)17-13-30)42(10,31-14-18-33(44)19-15-31)49(38)39(51)47-22-20-29(21-23-47)24-37(50)48(27(2)3)28(4)5/h12-19,25-29H,11,20-24H2,1-10H3/t41-,42+/m0/s1. The van der Waals surface area contributed by atoms with Gasteiger partial charge in [0, 0.05) is 65.0 Å². The summed E-state index contributed by atoms with van der Waals surface area (Å²) in [4.78, 5) is 44.8. The zero-order chi connectivity index (χ0) is 38.2. The van der Waals surface area contributed by atoms with Crippen LogP contribution in [0.2, 0.25) is 10.0 Å². The van der Waals surface area contributed by atoms with Crippen LogP contribution in [0.5, 0.6) is 5.75 Å². The molecule has 0 unspecified atom stereocenters. The zero-order valence-electron chi connectivity index (χ0n) is 32.5. The Morgan fingerprint density at radius 1 is 0.923 bits per heavy atom. The molecule has 8 nitrogen and oxygen atoms in total. The number of rotatable bonds is 9. The number of aliphatic imine (C=N–C) groups is 1. The lowest BCUT2D eigenvalue weighted by Gasteiger charge is -2.47. The molecule has 0 saturated carbocycles. The molecule has 2 aromatic carbocycles. The molecule has 0 bridgehead atoms. The van der Waals surface area contributed by atoms with Crippen LogP contribution in [0, 0.1) is 5.92 Å². The maximum Gasteiger partial charge on any atom is 0.326 e. The van der Waals surface area contributed by atoms with Crippen molar-refractivity contribution in [3.8, 4) is 5.75 Å². The normalized spacial score (nSPS) is 21.2. The molecule has 3 heterocycles. The van der Waals surface area contributed by atoms with E-state index in [1.54, 1.807) is 6.20 Å². The molecule has 0 radical (unpaired) electrons. The van der Waals surface area contributed by atoms with Gasteiger partial charge in [0.05, 0.1) is 12.2 Å². The van der Waals surface area contributed by atoms with Crippen LogP contribution < -0.4 is 4.74 Å². The number of benzene rings is 2. The molecule has 1 aromatic heterocycles. The number of halogens is 2. The van der Waals surface area contributed by atoms with Crippen LogP contribution in [0.1, 0.15) is 111 Å². The third-order valence-electron chi connectivity index (χ3n) is 10.9. The number of ether oxygens (including phenoxy) is 1. The molecule has 0 spiro atoms. The summed E-state index contributed by atoms with van der Waals surface area (Å²) in [6.45, 7) is 22.2. The first kappa shape index (κ1) is 39.6. The first-order valence-electron chi connectivity index (χ1n) is 18.6. The van der Waals surface area contributed by atoms with Gasteiger partial charge in [0.15, 0.2) is 0 Å². The van der Waals surface area contributed by atoms with Gasteiger partial charge in [0.25, 0.3) is 0 Å². The summed E-state index contributed by atoms with van der Waals surface area (Å²) in [7, 11) is 0. The lowest BCUT2D eigenvalue weighted by Crippen LogP contribution is -2.59. The van der Waals surface area contributed by atoms with Gasteiger partial charge in [-0.15, -0.1) is 0 Å². The van der Waals surface area contributed by atoms with E-state index < -0.39 is 11.1 Å². The van der Waals surface area contributed by atoms with Crippen LogP contribution in [0.3, 0.4) is 0 Å². The van der Waals surface area contributed by atoms with Gasteiger partial charge in [-0.1, -0.05) is 68.2 Å². The number of nitrogens with zero attached hydrogens (tertiary/aromatic N) is 5. The van der Waals surface area contributed by atoms with Gasteiger partial charge < -0.3 is 14.5 Å². The van der Waals surface area contributed by atoms with E-state index in [0.29, 0.717) is 53.3 Å². The number of carbonyl (C=O) groups is 2. The number of pyridine rings is 1. The molecule has 3 aromatic rings. The average molecular weight is 749 g/mol. The second-order valence-electron chi connectivity index (χ2n) is 16.1. The molecule has 10 heteroatoms. The fraction of sp³-hybridized carbons (Fsp3) is 0.524. The quantitative estimate of drug-likeness (QED) is 0.218. The van der Waals surface area contributed by atoms with Crippen molar-refractivity contribution < 1.29 is 14.3 Å². The van der Waals surface area contributed by atoms with Crippen molar-refractivity contribution in [2.75, 3.05) is 19.7 Å². The van der Waals surface area contributed by atoms with E-state index in [1.807, 2.05) is 76.2 Å². The summed E-state index contributed by atoms with van der Waals surface area (Å²) >= 11 is 12.8. The minimum absolute atomic E-state index is 0.135. The maximum absolute atomic E-state index is 15.3. The smallest absolute Gasteiger partial charge is 0.326 e. The molecule has 2 aliphatic heterocycles. The van der Waals surface area contributed by atoms with Crippen molar-refractivity contribution in [3.05, 3.63) is 93.2 Å². The minimum Gasteiger partial charge on any atom is -0.493 e. The number of aromatic nitrogens is 1. The molecule has 2 aliphatic rings. The van der Waals surface area contributed by atoms with Crippen LogP contribution in [0.4, 0.5) is 4.79 Å². The largest absolute Gasteiger partial charge is 0.493 e. The van der Waals surface area contributed by atoms with E-state index in [9.17, 15) is 4.79 Å².